The summed E-state index contributed by atoms with van der Waals surface area (Å²) in [5, 5.41) is 0.534. The number of hydrazine groups is 1. The van der Waals surface area contributed by atoms with E-state index < -0.39 is 11.6 Å². The number of hydrogen-bond donors (Lipinski definition) is 2. The van der Waals surface area contributed by atoms with E-state index in [0.717, 1.165) is 23.9 Å². The van der Waals surface area contributed by atoms with Crippen molar-refractivity contribution < 1.29 is 8.78 Å². The lowest BCUT2D eigenvalue weighted by Crippen LogP contribution is -2.08. The predicted molar refractivity (Wildman–Crippen MR) is 60.3 cm³/mol. The van der Waals surface area contributed by atoms with Gasteiger partial charge < -0.3 is 5.43 Å². The van der Waals surface area contributed by atoms with Gasteiger partial charge in [0.2, 0.25) is 0 Å². The normalized spacial score (nSPS) is 10.3. The van der Waals surface area contributed by atoms with Gasteiger partial charge in [-0.25, -0.2) is 19.6 Å². The van der Waals surface area contributed by atoms with Crippen molar-refractivity contribution in [2.24, 2.45) is 5.84 Å². The fourth-order valence-electron chi connectivity index (χ4n) is 1.13. The second kappa shape index (κ2) is 5.07. The molecule has 4 nitrogen and oxygen atoms in total. The molecule has 0 saturated carbocycles. The summed E-state index contributed by atoms with van der Waals surface area (Å²) < 4.78 is 25.7. The standard InChI is InChI=1S/C10H8F2N4S/c11-7-2-1-6(3-8(7)12)17-10-5-14-4-9(15-10)16-13/h1-5H,13H2,(H,15,16). The molecule has 0 atom stereocenters. The van der Waals surface area contributed by atoms with Crippen molar-refractivity contribution >= 4 is 17.6 Å². The Kier molecular flexibility index (Phi) is 3.50. The van der Waals surface area contributed by atoms with Crippen LogP contribution in [0.2, 0.25) is 0 Å². The van der Waals surface area contributed by atoms with Crippen LogP contribution in [0, 0.1) is 11.6 Å². The molecule has 0 radical (unpaired) electrons. The van der Waals surface area contributed by atoms with Gasteiger partial charge in [-0.15, -0.1) is 0 Å². The molecule has 0 aliphatic heterocycles. The Balaban J connectivity index is 2.22. The van der Waals surface area contributed by atoms with E-state index in [2.05, 4.69) is 15.4 Å². The Bertz CT molecular complexity index is 535. The van der Waals surface area contributed by atoms with E-state index in [-0.39, 0.29) is 0 Å². The Hall–Kier alpha value is -1.73. The fourth-order valence-corrected chi connectivity index (χ4v) is 1.93. The second-order valence-corrected chi connectivity index (χ2v) is 4.16. The summed E-state index contributed by atoms with van der Waals surface area (Å²) >= 11 is 1.16. The summed E-state index contributed by atoms with van der Waals surface area (Å²) in [7, 11) is 0. The van der Waals surface area contributed by atoms with E-state index in [1.807, 2.05) is 0 Å². The topological polar surface area (TPSA) is 63.8 Å². The maximum absolute atomic E-state index is 13.0. The van der Waals surface area contributed by atoms with Gasteiger partial charge in [0.15, 0.2) is 17.5 Å². The monoisotopic (exact) mass is 254 g/mol. The summed E-state index contributed by atoms with van der Waals surface area (Å²) in [5.41, 5.74) is 2.35. The van der Waals surface area contributed by atoms with E-state index in [9.17, 15) is 8.78 Å². The lowest BCUT2D eigenvalue weighted by Gasteiger charge is -2.03. The van der Waals surface area contributed by atoms with E-state index in [1.54, 1.807) is 0 Å². The summed E-state index contributed by atoms with van der Waals surface area (Å²) in [6.45, 7) is 0. The van der Waals surface area contributed by atoms with Crippen LogP contribution in [0.1, 0.15) is 0 Å². The zero-order valence-corrected chi connectivity index (χ0v) is 9.34. The second-order valence-electron chi connectivity index (χ2n) is 3.06. The van der Waals surface area contributed by atoms with Crippen molar-refractivity contribution in [1.82, 2.24) is 9.97 Å². The molecule has 0 amide bonds. The molecular weight excluding hydrogens is 246 g/mol. The number of hydrogen-bond acceptors (Lipinski definition) is 5. The van der Waals surface area contributed by atoms with Crippen LogP contribution in [0.4, 0.5) is 14.6 Å². The van der Waals surface area contributed by atoms with Gasteiger partial charge in [0, 0.05) is 4.90 Å². The zero-order valence-electron chi connectivity index (χ0n) is 8.52. The van der Waals surface area contributed by atoms with E-state index >= 15 is 0 Å². The van der Waals surface area contributed by atoms with Crippen molar-refractivity contribution in [3.8, 4) is 0 Å². The number of anilines is 1. The minimum Gasteiger partial charge on any atom is -0.307 e. The van der Waals surface area contributed by atoms with Crippen LogP contribution < -0.4 is 11.3 Å². The molecule has 7 heteroatoms. The third kappa shape index (κ3) is 2.89. The molecule has 3 N–H and O–H groups in total. The first-order valence-corrected chi connectivity index (χ1v) is 5.42. The number of nitrogens with two attached hydrogens (primary N) is 1. The highest BCUT2D eigenvalue weighted by Crippen LogP contribution is 2.27. The molecular formula is C10H8F2N4S. The molecule has 2 rings (SSSR count). The largest absolute Gasteiger partial charge is 0.307 e. The molecule has 2 aromatic rings. The summed E-state index contributed by atoms with van der Waals surface area (Å²) in [5.74, 6) is 3.82. The first-order chi connectivity index (χ1) is 8.19. The van der Waals surface area contributed by atoms with Gasteiger partial charge in [-0.1, -0.05) is 11.8 Å². The molecule has 17 heavy (non-hydrogen) atoms. The summed E-state index contributed by atoms with van der Waals surface area (Å²) in [4.78, 5) is 8.52. The fraction of sp³-hybridized carbons (Fsp3) is 0. The number of nitrogen functional groups attached to an aromatic ring is 1. The summed E-state index contributed by atoms with van der Waals surface area (Å²) in [6.07, 6.45) is 2.96. The van der Waals surface area contributed by atoms with Gasteiger partial charge in [0.25, 0.3) is 0 Å². The average molecular weight is 254 g/mol. The van der Waals surface area contributed by atoms with Crippen molar-refractivity contribution in [3.63, 3.8) is 0 Å². The zero-order chi connectivity index (χ0) is 12.3. The van der Waals surface area contributed by atoms with E-state index in [1.165, 1.54) is 18.5 Å². The Labute approximate surface area is 100 Å². The Morgan fingerprint density at radius 1 is 1.18 bits per heavy atom. The first kappa shape index (κ1) is 11.7. The molecule has 0 spiro atoms. The average Bonchev–Trinajstić information content (AvgIpc) is 2.34. The van der Waals surface area contributed by atoms with Gasteiger partial charge in [0.05, 0.1) is 12.4 Å². The minimum absolute atomic E-state index is 0.401. The molecule has 1 aromatic heterocycles. The highest BCUT2D eigenvalue weighted by atomic mass is 32.2. The smallest absolute Gasteiger partial charge is 0.159 e. The Morgan fingerprint density at radius 3 is 2.71 bits per heavy atom. The number of aromatic nitrogens is 2. The first-order valence-electron chi connectivity index (χ1n) is 4.60. The number of nitrogens with zero attached hydrogens (tertiary/aromatic N) is 2. The van der Waals surface area contributed by atoms with Crippen LogP contribution in [0.3, 0.4) is 0 Å². The van der Waals surface area contributed by atoms with Crippen molar-refractivity contribution in [3.05, 3.63) is 42.2 Å². The molecule has 0 aliphatic rings. The van der Waals surface area contributed by atoms with Crippen LogP contribution in [0.15, 0.2) is 40.5 Å². The van der Waals surface area contributed by atoms with Gasteiger partial charge >= 0.3 is 0 Å². The lowest BCUT2D eigenvalue weighted by molar-refractivity contribution is 0.506. The molecule has 1 aromatic carbocycles. The molecule has 0 aliphatic carbocycles. The van der Waals surface area contributed by atoms with Crippen LogP contribution in [-0.2, 0) is 0 Å². The van der Waals surface area contributed by atoms with Crippen molar-refractivity contribution in [2.45, 2.75) is 9.92 Å². The summed E-state index contributed by atoms with van der Waals surface area (Å²) in [6, 6.07) is 3.63. The van der Waals surface area contributed by atoms with Crippen LogP contribution in [0.25, 0.3) is 0 Å². The molecule has 88 valence electrons. The van der Waals surface area contributed by atoms with E-state index in [4.69, 9.17) is 5.84 Å². The number of rotatable bonds is 3. The molecule has 0 saturated heterocycles. The molecule has 0 bridgehead atoms. The van der Waals surface area contributed by atoms with Gasteiger partial charge in [0.1, 0.15) is 5.03 Å². The molecule has 0 fully saturated rings. The third-order valence-electron chi connectivity index (χ3n) is 1.87. The van der Waals surface area contributed by atoms with Crippen molar-refractivity contribution in [2.75, 3.05) is 5.43 Å². The predicted octanol–water partition coefficient (Wildman–Crippen LogP) is 2.19. The quantitative estimate of drug-likeness (QED) is 0.649. The molecule has 1 heterocycles. The van der Waals surface area contributed by atoms with Gasteiger partial charge in [-0.2, -0.15) is 0 Å². The van der Waals surface area contributed by atoms with Gasteiger partial charge in [-0.3, -0.25) is 4.98 Å². The Morgan fingerprint density at radius 2 is 2.00 bits per heavy atom. The van der Waals surface area contributed by atoms with Crippen LogP contribution in [0.5, 0.6) is 0 Å². The van der Waals surface area contributed by atoms with E-state index in [0.29, 0.717) is 15.7 Å². The highest BCUT2D eigenvalue weighted by molar-refractivity contribution is 7.99. The lowest BCUT2D eigenvalue weighted by atomic mass is 10.3. The maximum Gasteiger partial charge on any atom is 0.159 e. The van der Waals surface area contributed by atoms with Crippen LogP contribution >= 0.6 is 11.8 Å². The van der Waals surface area contributed by atoms with Crippen molar-refractivity contribution in [1.29, 1.82) is 0 Å². The number of benzene rings is 1. The SMILES string of the molecule is NNc1cncc(Sc2ccc(F)c(F)c2)n1. The maximum atomic E-state index is 13.0. The third-order valence-corrected chi connectivity index (χ3v) is 2.77. The number of halogens is 2. The van der Waals surface area contributed by atoms with Gasteiger partial charge in [-0.05, 0) is 18.2 Å². The highest BCUT2D eigenvalue weighted by Gasteiger charge is 2.05. The number of nitrogens with one attached hydrogen (secondary N) is 1. The molecule has 0 unspecified atom stereocenters. The minimum atomic E-state index is -0.893. The van der Waals surface area contributed by atoms with Crippen LogP contribution in [-0.4, -0.2) is 9.97 Å².